The lowest BCUT2D eigenvalue weighted by Crippen LogP contribution is -2.56. The first-order valence-electron chi connectivity index (χ1n) is 12.9. The van der Waals surface area contributed by atoms with Crippen molar-refractivity contribution in [2.75, 3.05) is 7.05 Å². The van der Waals surface area contributed by atoms with Crippen molar-refractivity contribution in [3.8, 4) is 0 Å². The summed E-state index contributed by atoms with van der Waals surface area (Å²) in [6.45, 7) is 2.84. The van der Waals surface area contributed by atoms with Gasteiger partial charge in [-0.05, 0) is 34.7 Å². The SMILES string of the molecule is CC(C)[C@H](NC(=O)[C@H](Cc1ccccc1)N(C)C(=O)CC(c1ccccc1)c1cccc(Cl)c1)C(=O)C(F)(F)F. The molecule has 3 rings (SSSR count). The largest absolute Gasteiger partial charge is 0.452 e. The van der Waals surface area contributed by atoms with Crippen molar-refractivity contribution < 1.29 is 27.6 Å². The quantitative estimate of drug-likeness (QED) is 0.297. The summed E-state index contributed by atoms with van der Waals surface area (Å²) >= 11 is 6.23. The molecular formula is C31H32ClF3N2O3. The van der Waals surface area contributed by atoms with E-state index in [4.69, 9.17) is 11.6 Å². The second-order valence-corrected chi connectivity index (χ2v) is 10.5. The summed E-state index contributed by atoms with van der Waals surface area (Å²) in [4.78, 5) is 40.5. The molecule has 0 saturated carbocycles. The van der Waals surface area contributed by atoms with Crippen LogP contribution in [-0.4, -0.2) is 47.8 Å². The molecule has 9 heteroatoms. The molecule has 0 aliphatic carbocycles. The number of nitrogens with zero attached hydrogens (tertiary/aromatic N) is 1. The zero-order valence-corrected chi connectivity index (χ0v) is 23.2. The maximum absolute atomic E-state index is 13.7. The molecule has 1 N–H and O–H groups in total. The Hall–Kier alpha value is -3.65. The molecule has 0 aliphatic heterocycles. The lowest BCUT2D eigenvalue weighted by atomic mass is 9.88. The predicted molar refractivity (Wildman–Crippen MR) is 149 cm³/mol. The summed E-state index contributed by atoms with van der Waals surface area (Å²) in [6, 6.07) is 22.4. The van der Waals surface area contributed by atoms with Crippen molar-refractivity contribution in [3.63, 3.8) is 0 Å². The Morgan fingerprint density at radius 2 is 1.45 bits per heavy atom. The van der Waals surface area contributed by atoms with E-state index in [9.17, 15) is 27.6 Å². The third kappa shape index (κ3) is 8.18. The first-order chi connectivity index (χ1) is 18.9. The Morgan fingerprint density at radius 3 is 2.00 bits per heavy atom. The molecule has 0 radical (unpaired) electrons. The number of halogens is 4. The average Bonchev–Trinajstić information content (AvgIpc) is 2.92. The van der Waals surface area contributed by atoms with E-state index < -0.39 is 41.8 Å². The molecule has 40 heavy (non-hydrogen) atoms. The molecule has 0 heterocycles. The topological polar surface area (TPSA) is 66.5 Å². The number of likely N-dealkylation sites (N-methyl/N-ethyl adjacent to an activating group) is 1. The van der Waals surface area contributed by atoms with Gasteiger partial charge in [-0.15, -0.1) is 0 Å². The molecule has 2 amide bonds. The fraction of sp³-hybridized carbons (Fsp3) is 0.323. The zero-order valence-electron chi connectivity index (χ0n) is 22.5. The van der Waals surface area contributed by atoms with E-state index in [1.807, 2.05) is 36.4 Å². The van der Waals surface area contributed by atoms with Crippen molar-refractivity contribution >= 4 is 29.2 Å². The van der Waals surface area contributed by atoms with Gasteiger partial charge < -0.3 is 10.2 Å². The number of ketones is 1. The summed E-state index contributed by atoms with van der Waals surface area (Å²) in [5.74, 6) is -4.47. The maximum atomic E-state index is 13.7. The van der Waals surface area contributed by atoms with Gasteiger partial charge in [-0.1, -0.05) is 98.2 Å². The first kappa shape index (κ1) is 30.9. The van der Waals surface area contributed by atoms with E-state index in [0.717, 1.165) is 11.1 Å². The lowest BCUT2D eigenvalue weighted by molar-refractivity contribution is -0.175. The van der Waals surface area contributed by atoms with Crippen LogP contribution in [-0.2, 0) is 20.8 Å². The molecule has 0 fully saturated rings. The molecule has 3 aromatic carbocycles. The Bertz CT molecular complexity index is 1300. The molecular weight excluding hydrogens is 541 g/mol. The fourth-order valence-electron chi connectivity index (χ4n) is 4.53. The highest BCUT2D eigenvalue weighted by molar-refractivity contribution is 6.30. The number of nitrogens with one attached hydrogen (secondary N) is 1. The summed E-state index contributed by atoms with van der Waals surface area (Å²) in [5.41, 5.74) is 2.38. The van der Waals surface area contributed by atoms with Crippen LogP contribution in [0.2, 0.25) is 5.02 Å². The van der Waals surface area contributed by atoms with Crippen LogP contribution in [0.4, 0.5) is 13.2 Å². The van der Waals surface area contributed by atoms with Crippen LogP contribution >= 0.6 is 11.6 Å². The highest BCUT2D eigenvalue weighted by atomic mass is 35.5. The summed E-state index contributed by atoms with van der Waals surface area (Å²) in [7, 11) is 1.45. The number of hydrogen-bond donors (Lipinski definition) is 1. The highest BCUT2D eigenvalue weighted by Gasteiger charge is 2.45. The van der Waals surface area contributed by atoms with Crippen LogP contribution in [0.3, 0.4) is 0 Å². The number of amides is 2. The summed E-state index contributed by atoms with van der Waals surface area (Å²) < 4.78 is 39.8. The number of carbonyl (C=O) groups is 3. The Morgan fingerprint density at radius 1 is 0.875 bits per heavy atom. The smallest absolute Gasteiger partial charge is 0.344 e. The van der Waals surface area contributed by atoms with Gasteiger partial charge >= 0.3 is 6.18 Å². The monoisotopic (exact) mass is 572 g/mol. The minimum absolute atomic E-state index is 0.0193. The van der Waals surface area contributed by atoms with Crippen LogP contribution in [0.25, 0.3) is 0 Å². The van der Waals surface area contributed by atoms with E-state index in [0.29, 0.717) is 10.6 Å². The van der Waals surface area contributed by atoms with Gasteiger partial charge in [0.15, 0.2) is 0 Å². The zero-order chi connectivity index (χ0) is 29.4. The first-order valence-corrected chi connectivity index (χ1v) is 13.3. The molecule has 0 spiro atoms. The fourth-order valence-corrected chi connectivity index (χ4v) is 4.73. The Kier molecular flexibility index (Phi) is 10.5. The minimum atomic E-state index is -5.11. The molecule has 0 bridgehead atoms. The van der Waals surface area contributed by atoms with E-state index in [1.165, 1.54) is 25.8 Å². The van der Waals surface area contributed by atoms with Gasteiger partial charge in [0.2, 0.25) is 11.8 Å². The van der Waals surface area contributed by atoms with E-state index in [1.54, 1.807) is 48.5 Å². The van der Waals surface area contributed by atoms with Crippen molar-refractivity contribution in [2.45, 2.75) is 50.9 Å². The molecule has 0 saturated heterocycles. The standard InChI is InChI=1S/C31H32ClF3N2O3/c1-20(2)28(29(39)31(33,34)35)36-30(40)26(17-21-11-6-4-7-12-21)37(3)27(38)19-25(22-13-8-5-9-14-22)23-15-10-16-24(32)18-23/h4-16,18,20,25-26,28H,17,19H2,1-3H3,(H,36,40)/t25?,26-,28-/m0/s1. The third-order valence-corrected chi connectivity index (χ3v) is 7.03. The van der Waals surface area contributed by atoms with Crippen LogP contribution in [0, 0.1) is 5.92 Å². The van der Waals surface area contributed by atoms with Crippen molar-refractivity contribution in [3.05, 3.63) is 107 Å². The summed E-state index contributed by atoms with van der Waals surface area (Å²) in [6.07, 6.45) is -5.08. The third-order valence-electron chi connectivity index (χ3n) is 6.79. The molecule has 0 aromatic heterocycles. The Balaban J connectivity index is 1.92. The van der Waals surface area contributed by atoms with Crippen LogP contribution < -0.4 is 5.32 Å². The molecule has 0 aliphatic rings. The lowest BCUT2D eigenvalue weighted by Gasteiger charge is -2.31. The van der Waals surface area contributed by atoms with Gasteiger partial charge in [0.25, 0.3) is 5.78 Å². The number of hydrogen-bond acceptors (Lipinski definition) is 3. The van der Waals surface area contributed by atoms with Crippen molar-refractivity contribution in [2.24, 2.45) is 5.92 Å². The van der Waals surface area contributed by atoms with E-state index in [-0.39, 0.29) is 18.8 Å². The Labute approximate surface area is 237 Å². The second-order valence-electron chi connectivity index (χ2n) is 10.0. The maximum Gasteiger partial charge on any atom is 0.452 e. The van der Waals surface area contributed by atoms with Gasteiger partial charge in [-0.3, -0.25) is 14.4 Å². The highest BCUT2D eigenvalue weighted by Crippen LogP contribution is 2.31. The number of rotatable bonds is 11. The summed E-state index contributed by atoms with van der Waals surface area (Å²) in [5, 5.41) is 2.79. The van der Waals surface area contributed by atoms with Gasteiger partial charge in [0.1, 0.15) is 6.04 Å². The molecule has 5 nitrogen and oxygen atoms in total. The van der Waals surface area contributed by atoms with E-state index in [2.05, 4.69) is 5.32 Å². The van der Waals surface area contributed by atoms with Crippen molar-refractivity contribution in [1.82, 2.24) is 10.2 Å². The van der Waals surface area contributed by atoms with Gasteiger partial charge in [0, 0.05) is 30.8 Å². The number of carbonyl (C=O) groups excluding carboxylic acids is 3. The molecule has 3 atom stereocenters. The van der Waals surface area contributed by atoms with Gasteiger partial charge in [0.05, 0.1) is 6.04 Å². The van der Waals surface area contributed by atoms with Crippen LogP contribution in [0.15, 0.2) is 84.9 Å². The minimum Gasteiger partial charge on any atom is -0.344 e. The van der Waals surface area contributed by atoms with Gasteiger partial charge in [-0.2, -0.15) is 13.2 Å². The number of benzene rings is 3. The average molecular weight is 573 g/mol. The number of Topliss-reactive ketones (excluding diaryl/α,β-unsaturated/α-hetero) is 1. The molecule has 3 aromatic rings. The van der Waals surface area contributed by atoms with Crippen LogP contribution in [0.1, 0.15) is 42.9 Å². The molecule has 212 valence electrons. The van der Waals surface area contributed by atoms with Gasteiger partial charge in [-0.25, -0.2) is 0 Å². The molecule has 1 unspecified atom stereocenters. The predicted octanol–water partition coefficient (Wildman–Crippen LogP) is 6.20. The second kappa shape index (κ2) is 13.6. The normalized spacial score (nSPS) is 13.8. The van der Waals surface area contributed by atoms with Crippen molar-refractivity contribution in [1.29, 1.82) is 0 Å². The van der Waals surface area contributed by atoms with Crippen LogP contribution in [0.5, 0.6) is 0 Å². The van der Waals surface area contributed by atoms with E-state index >= 15 is 0 Å². The number of alkyl halides is 3.